The molecule has 0 aliphatic carbocycles. The van der Waals surface area contributed by atoms with Crippen LogP contribution in [-0.4, -0.2) is 29.0 Å². The van der Waals surface area contributed by atoms with E-state index < -0.39 is 9.84 Å². The SMILES string of the molecule is CS(=O)(=O)c1ccc(Oc2nc(Br)cn3ccnc23)cc1. The van der Waals surface area contributed by atoms with Crippen molar-refractivity contribution in [3.63, 3.8) is 0 Å². The molecule has 0 aliphatic rings. The monoisotopic (exact) mass is 367 g/mol. The molecule has 1 aromatic carbocycles. The Labute approximate surface area is 129 Å². The number of ether oxygens (including phenoxy) is 1. The van der Waals surface area contributed by atoms with Crippen LogP contribution in [0.5, 0.6) is 11.6 Å². The number of sulfone groups is 1. The number of fused-ring (bicyclic) bond motifs is 1. The summed E-state index contributed by atoms with van der Waals surface area (Å²) in [5, 5.41) is 0. The van der Waals surface area contributed by atoms with Gasteiger partial charge >= 0.3 is 0 Å². The normalized spacial score (nSPS) is 11.7. The lowest BCUT2D eigenvalue weighted by molar-refractivity contribution is 0.463. The van der Waals surface area contributed by atoms with E-state index in [1.165, 1.54) is 12.1 Å². The van der Waals surface area contributed by atoms with Crippen molar-refractivity contribution in [1.82, 2.24) is 14.4 Å². The van der Waals surface area contributed by atoms with Gasteiger partial charge in [0.05, 0.1) is 4.90 Å². The van der Waals surface area contributed by atoms with Crippen LogP contribution in [0.4, 0.5) is 0 Å². The summed E-state index contributed by atoms with van der Waals surface area (Å²) in [6, 6.07) is 6.15. The molecule has 0 radical (unpaired) electrons. The lowest BCUT2D eigenvalue weighted by Crippen LogP contribution is -1.97. The summed E-state index contributed by atoms with van der Waals surface area (Å²) in [6.07, 6.45) is 6.35. The first kappa shape index (κ1) is 14.0. The molecule has 0 saturated carbocycles. The first-order valence-corrected chi connectivity index (χ1v) is 8.59. The van der Waals surface area contributed by atoms with E-state index in [0.717, 1.165) is 6.26 Å². The summed E-state index contributed by atoms with van der Waals surface area (Å²) >= 11 is 3.30. The van der Waals surface area contributed by atoms with Gasteiger partial charge in [-0.2, -0.15) is 0 Å². The van der Waals surface area contributed by atoms with Gasteiger partial charge in [0, 0.05) is 24.8 Å². The van der Waals surface area contributed by atoms with E-state index in [4.69, 9.17) is 4.74 Å². The third kappa shape index (κ3) is 2.91. The predicted octanol–water partition coefficient (Wildman–Crippen LogP) is 2.69. The summed E-state index contributed by atoms with van der Waals surface area (Å²) in [5.74, 6) is 0.819. The molecule has 0 unspecified atom stereocenters. The van der Waals surface area contributed by atoms with Crippen LogP contribution < -0.4 is 4.74 Å². The van der Waals surface area contributed by atoms with Crippen molar-refractivity contribution in [1.29, 1.82) is 0 Å². The maximum Gasteiger partial charge on any atom is 0.264 e. The van der Waals surface area contributed by atoms with Gasteiger partial charge in [0.2, 0.25) is 5.65 Å². The Bertz CT molecular complexity index is 904. The van der Waals surface area contributed by atoms with Gasteiger partial charge in [-0.3, -0.25) is 4.40 Å². The maximum atomic E-state index is 11.4. The molecule has 0 fully saturated rings. The Morgan fingerprint density at radius 3 is 2.62 bits per heavy atom. The molecule has 0 spiro atoms. The van der Waals surface area contributed by atoms with E-state index in [-0.39, 0.29) is 4.90 Å². The number of benzene rings is 1. The molecule has 108 valence electrons. The van der Waals surface area contributed by atoms with E-state index in [9.17, 15) is 8.42 Å². The smallest absolute Gasteiger partial charge is 0.264 e. The Balaban J connectivity index is 1.97. The van der Waals surface area contributed by atoms with Crippen molar-refractivity contribution in [2.24, 2.45) is 0 Å². The number of nitrogens with zero attached hydrogens (tertiary/aromatic N) is 3. The van der Waals surface area contributed by atoms with Crippen LogP contribution in [0.25, 0.3) is 5.65 Å². The molecule has 2 heterocycles. The second-order valence-electron chi connectivity index (χ2n) is 4.37. The zero-order chi connectivity index (χ0) is 15.0. The Morgan fingerprint density at radius 1 is 1.24 bits per heavy atom. The third-order valence-electron chi connectivity index (χ3n) is 2.78. The average molecular weight is 368 g/mol. The van der Waals surface area contributed by atoms with Crippen LogP contribution in [-0.2, 0) is 9.84 Å². The first-order valence-electron chi connectivity index (χ1n) is 5.91. The molecule has 0 aliphatic heterocycles. The topological polar surface area (TPSA) is 73.6 Å². The van der Waals surface area contributed by atoms with Gasteiger partial charge in [-0.05, 0) is 40.2 Å². The summed E-state index contributed by atoms with van der Waals surface area (Å²) in [6.45, 7) is 0. The van der Waals surface area contributed by atoms with Crippen molar-refractivity contribution < 1.29 is 13.2 Å². The zero-order valence-electron chi connectivity index (χ0n) is 10.9. The Kier molecular flexibility index (Phi) is 3.42. The van der Waals surface area contributed by atoms with Gasteiger partial charge in [0.1, 0.15) is 10.4 Å². The fourth-order valence-electron chi connectivity index (χ4n) is 1.81. The van der Waals surface area contributed by atoms with Crippen LogP contribution in [0, 0.1) is 0 Å². The summed E-state index contributed by atoms with van der Waals surface area (Å²) in [7, 11) is -3.22. The van der Waals surface area contributed by atoms with Gasteiger partial charge in [-0.1, -0.05) is 0 Å². The second-order valence-corrected chi connectivity index (χ2v) is 7.20. The maximum absolute atomic E-state index is 11.4. The largest absolute Gasteiger partial charge is 0.436 e. The van der Waals surface area contributed by atoms with Gasteiger partial charge < -0.3 is 4.74 Å². The van der Waals surface area contributed by atoms with Gasteiger partial charge in [0.15, 0.2) is 9.84 Å². The van der Waals surface area contributed by atoms with E-state index in [1.54, 1.807) is 35.1 Å². The summed E-state index contributed by atoms with van der Waals surface area (Å²) in [4.78, 5) is 8.64. The molecule has 3 aromatic rings. The number of halogens is 1. The molecule has 0 N–H and O–H groups in total. The van der Waals surface area contributed by atoms with Crippen LogP contribution in [0.1, 0.15) is 0 Å². The van der Waals surface area contributed by atoms with E-state index in [0.29, 0.717) is 21.9 Å². The molecule has 2 aromatic heterocycles. The first-order chi connectivity index (χ1) is 9.93. The minimum absolute atomic E-state index is 0.239. The highest BCUT2D eigenvalue weighted by Gasteiger charge is 2.10. The molecular formula is C13H10BrN3O3S. The van der Waals surface area contributed by atoms with Crippen LogP contribution in [0.3, 0.4) is 0 Å². The van der Waals surface area contributed by atoms with Crippen molar-refractivity contribution in [3.8, 4) is 11.6 Å². The van der Waals surface area contributed by atoms with Crippen molar-refractivity contribution >= 4 is 31.4 Å². The highest BCUT2D eigenvalue weighted by atomic mass is 79.9. The van der Waals surface area contributed by atoms with E-state index in [2.05, 4.69) is 25.9 Å². The molecule has 21 heavy (non-hydrogen) atoms. The molecular weight excluding hydrogens is 358 g/mol. The molecule has 0 amide bonds. The minimum Gasteiger partial charge on any atom is -0.436 e. The highest BCUT2D eigenvalue weighted by molar-refractivity contribution is 9.10. The fourth-order valence-corrected chi connectivity index (χ4v) is 2.82. The number of rotatable bonds is 3. The van der Waals surface area contributed by atoms with Gasteiger partial charge in [-0.15, -0.1) is 0 Å². The molecule has 0 bridgehead atoms. The molecule has 8 heteroatoms. The molecule has 3 rings (SSSR count). The second kappa shape index (κ2) is 5.12. The molecule has 0 atom stereocenters. The number of aromatic nitrogens is 3. The highest BCUT2D eigenvalue weighted by Crippen LogP contribution is 2.26. The zero-order valence-corrected chi connectivity index (χ0v) is 13.3. The van der Waals surface area contributed by atoms with Crippen molar-refractivity contribution in [3.05, 3.63) is 47.5 Å². The third-order valence-corrected chi connectivity index (χ3v) is 4.29. The van der Waals surface area contributed by atoms with Crippen LogP contribution in [0.2, 0.25) is 0 Å². The summed E-state index contributed by atoms with van der Waals surface area (Å²) in [5.41, 5.74) is 0.574. The van der Waals surface area contributed by atoms with E-state index in [1.807, 2.05) is 0 Å². The summed E-state index contributed by atoms with van der Waals surface area (Å²) < 4.78 is 30.9. The molecule has 6 nitrogen and oxygen atoms in total. The van der Waals surface area contributed by atoms with Gasteiger partial charge in [0.25, 0.3) is 5.88 Å². The fraction of sp³-hybridized carbons (Fsp3) is 0.0769. The van der Waals surface area contributed by atoms with E-state index >= 15 is 0 Å². The van der Waals surface area contributed by atoms with Crippen LogP contribution >= 0.6 is 15.9 Å². The quantitative estimate of drug-likeness (QED) is 0.711. The van der Waals surface area contributed by atoms with Crippen molar-refractivity contribution in [2.45, 2.75) is 4.90 Å². The van der Waals surface area contributed by atoms with Crippen LogP contribution in [0.15, 0.2) is 52.4 Å². The number of hydrogen-bond donors (Lipinski definition) is 0. The Morgan fingerprint density at radius 2 is 1.95 bits per heavy atom. The standard InChI is InChI=1S/C13H10BrN3O3S/c1-21(18,19)10-4-2-9(3-5-10)20-13-12-15-6-7-17(12)8-11(14)16-13/h2-8H,1H3. The number of imidazole rings is 1. The Hall–Kier alpha value is -1.93. The number of hydrogen-bond acceptors (Lipinski definition) is 5. The lowest BCUT2D eigenvalue weighted by Gasteiger charge is -2.07. The lowest BCUT2D eigenvalue weighted by atomic mass is 10.3. The van der Waals surface area contributed by atoms with Gasteiger partial charge in [-0.25, -0.2) is 18.4 Å². The predicted molar refractivity (Wildman–Crippen MR) is 80.3 cm³/mol. The van der Waals surface area contributed by atoms with Crippen molar-refractivity contribution in [2.75, 3.05) is 6.26 Å². The average Bonchev–Trinajstić information content (AvgIpc) is 2.86. The minimum atomic E-state index is -3.22. The molecule has 0 saturated heterocycles.